The van der Waals surface area contributed by atoms with Crippen LogP contribution in [0.2, 0.25) is 0 Å². The van der Waals surface area contributed by atoms with Gasteiger partial charge in [0.2, 0.25) is 0 Å². The van der Waals surface area contributed by atoms with Crippen LogP contribution in [-0.4, -0.2) is 29.7 Å². The third-order valence-corrected chi connectivity index (χ3v) is 4.79. The van der Waals surface area contributed by atoms with Crippen molar-refractivity contribution in [1.82, 2.24) is 4.98 Å². The number of unbranched alkanes of at least 4 members (excludes halogenated alkanes) is 6. The van der Waals surface area contributed by atoms with Crippen LogP contribution < -0.4 is 3.53 Å². The quantitative estimate of drug-likeness (QED) is 0.345. The number of pyridine rings is 1. The molecule has 1 aromatic heterocycles. The van der Waals surface area contributed by atoms with Crippen molar-refractivity contribution in [1.29, 1.82) is 0 Å². The monoisotopic (exact) mass is 368 g/mol. The van der Waals surface area contributed by atoms with Gasteiger partial charge in [0.15, 0.2) is 0 Å². The summed E-state index contributed by atoms with van der Waals surface area (Å²) in [4.78, 5) is 16.9. The van der Waals surface area contributed by atoms with Crippen molar-refractivity contribution in [3.8, 4) is 5.75 Å². The fourth-order valence-corrected chi connectivity index (χ4v) is 3.47. The van der Waals surface area contributed by atoms with E-state index in [1.165, 1.54) is 32.1 Å². The molecule has 23 heavy (non-hydrogen) atoms. The molecule has 0 saturated heterocycles. The van der Waals surface area contributed by atoms with Gasteiger partial charge in [0.1, 0.15) is 0 Å². The fraction of sp³-hybridized carbons (Fsp3) is 0.474. The van der Waals surface area contributed by atoms with Gasteiger partial charge in [-0.05, 0) is 0 Å². The first-order chi connectivity index (χ1) is 11.3. The van der Waals surface area contributed by atoms with Gasteiger partial charge in [0, 0.05) is 0 Å². The van der Waals surface area contributed by atoms with Gasteiger partial charge in [0.05, 0.1) is 0 Å². The van der Waals surface area contributed by atoms with E-state index in [9.17, 15) is 4.79 Å². The molecule has 0 unspecified atom stereocenters. The van der Waals surface area contributed by atoms with Gasteiger partial charge in [-0.15, -0.1) is 0 Å². The van der Waals surface area contributed by atoms with Crippen LogP contribution in [0.25, 0.3) is 10.9 Å². The molecule has 0 saturated carbocycles. The van der Waals surface area contributed by atoms with Crippen molar-refractivity contribution in [2.45, 2.75) is 58.3 Å². The Morgan fingerprint density at radius 2 is 1.83 bits per heavy atom. The number of benzene rings is 1. The number of rotatable bonds is 10. The fourth-order valence-electron chi connectivity index (χ4n) is 2.86. The molecule has 1 heterocycles. The van der Waals surface area contributed by atoms with E-state index in [1.54, 1.807) is 6.20 Å². The number of nitrogens with zero attached hydrogens (tertiary/aromatic N) is 1. The summed E-state index contributed by atoms with van der Waals surface area (Å²) in [7, 11) is 0. The van der Waals surface area contributed by atoms with Gasteiger partial charge in [-0.3, -0.25) is 0 Å². The number of ketones is 1. The summed E-state index contributed by atoms with van der Waals surface area (Å²) < 4.78 is 5.59. The summed E-state index contributed by atoms with van der Waals surface area (Å²) in [6.07, 6.45) is 10.9. The van der Waals surface area contributed by atoms with E-state index >= 15 is 0 Å². The second-order valence-corrected chi connectivity index (χ2v) is 6.56. The van der Waals surface area contributed by atoms with E-state index in [4.69, 9.17) is 3.53 Å². The molecule has 121 valence electrons. The number of carbonyl (C=O) groups excluding carboxylic acids is 1. The van der Waals surface area contributed by atoms with Gasteiger partial charge in [-0.1, -0.05) is 6.92 Å². The minimum atomic E-state index is 0.176. The number of hydrogen-bond acceptors (Lipinski definition) is 3. The van der Waals surface area contributed by atoms with Crippen molar-refractivity contribution >= 4 is 35.7 Å². The summed E-state index contributed by atoms with van der Waals surface area (Å²) in [6, 6.07) is 7.74. The first kappa shape index (κ1) is 18.1. The van der Waals surface area contributed by atoms with Gasteiger partial charge in [-0.25, -0.2) is 0 Å². The SMILES string of the molecule is CCCCCCCCCC(=O)c1ccc2cccnc2c1[O][GaH]. The molecule has 0 aliphatic carbocycles. The molecular weight excluding hydrogens is 344 g/mol. The summed E-state index contributed by atoms with van der Waals surface area (Å²) in [6.45, 7) is 2.23. The number of carbonyl (C=O) groups is 1. The Bertz CT molecular complexity index is 642. The Morgan fingerprint density at radius 3 is 2.57 bits per heavy atom. The number of hydrogen-bond donors (Lipinski definition) is 0. The molecule has 0 fully saturated rings. The first-order valence-electron chi connectivity index (χ1n) is 8.61. The Kier molecular flexibility index (Phi) is 7.69. The molecule has 0 N–H and O–H groups in total. The molecular formula is C19H25GaNO2. The molecule has 0 spiro atoms. The molecule has 0 atom stereocenters. The van der Waals surface area contributed by atoms with E-state index in [0.717, 1.165) is 23.7 Å². The second-order valence-electron chi connectivity index (χ2n) is 5.96. The van der Waals surface area contributed by atoms with Crippen molar-refractivity contribution in [3.63, 3.8) is 0 Å². The van der Waals surface area contributed by atoms with Crippen molar-refractivity contribution in [2.75, 3.05) is 0 Å². The normalized spacial score (nSPS) is 10.8. The van der Waals surface area contributed by atoms with Crippen molar-refractivity contribution in [3.05, 3.63) is 36.0 Å². The standard InChI is InChI=1S/C19H25NO2.Ga.H/c1-2-3-4-5-6-7-8-11-17(21)16-13-12-15-10-9-14-20-18(15)19(16)22;;/h9-10,12-14,22H,2-8,11H2,1H3;;/q;+1;/p-1. The maximum atomic E-state index is 12.5. The predicted octanol–water partition coefficient (Wildman–Crippen LogP) is 4.75. The van der Waals surface area contributed by atoms with E-state index in [-0.39, 0.29) is 5.78 Å². The van der Waals surface area contributed by atoms with Gasteiger partial charge < -0.3 is 0 Å². The third kappa shape index (κ3) is 5.11. The predicted molar refractivity (Wildman–Crippen MR) is 96.5 cm³/mol. The molecule has 0 aliphatic heterocycles. The van der Waals surface area contributed by atoms with Crippen molar-refractivity contribution < 1.29 is 8.32 Å². The Hall–Kier alpha value is -1.26. The van der Waals surface area contributed by atoms with Crippen LogP contribution in [0.3, 0.4) is 0 Å². The Labute approximate surface area is 149 Å². The zero-order valence-electron chi connectivity index (χ0n) is 14.0. The number of fused-ring (bicyclic) bond motifs is 1. The zero-order chi connectivity index (χ0) is 16.5. The van der Waals surface area contributed by atoms with E-state index in [2.05, 4.69) is 11.9 Å². The van der Waals surface area contributed by atoms with Crippen molar-refractivity contribution in [2.24, 2.45) is 0 Å². The summed E-state index contributed by atoms with van der Waals surface area (Å²) in [5, 5.41) is 1.02. The molecule has 2 rings (SSSR count). The second kappa shape index (κ2) is 9.78. The number of aromatic nitrogens is 1. The summed E-state index contributed by atoms with van der Waals surface area (Å²) in [5.41, 5.74) is 1.48. The maximum absolute atomic E-state index is 12.5. The molecule has 3 nitrogen and oxygen atoms in total. The number of Topliss-reactive ketones (excluding diaryl/α,β-unsaturated/α-hetero) is 1. The van der Waals surface area contributed by atoms with E-state index in [0.29, 0.717) is 36.7 Å². The Morgan fingerprint density at radius 1 is 1.09 bits per heavy atom. The summed E-state index contributed by atoms with van der Waals surface area (Å²) >= 11 is 0.660. The molecule has 0 amide bonds. The summed E-state index contributed by atoms with van der Waals surface area (Å²) in [5.74, 6) is 0.839. The Balaban J connectivity index is 1.93. The minimum absolute atomic E-state index is 0.176. The van der Waals surface area contributed by atoms with Crippen LogP contribution in [0.1, 0.15) is 68.6 Å². The van der Waals surface area contributed by atoms with E-state index in [1.807, 2.05) is 24.3 Å². The van der Waals surface area contributed by atoms with Crippen LogP contribution in [0.4, 0.5) is 0 Å². The molecule has 1 aromatic carbocycles. The van der Waals surface area contributed by atoms with Gasteiger partial charge >= 0.3 is 142 Å². The van der Waals surface area contributed by atoms with Gasteiger partial charge in [0.25, 0.3) is 0 Å². The third-order valence-electron chi connectivity index (χ3n) is 4.18. The van der Waals surface area contributed by atoms with Crippen LogP contribution >= 0.6 is 0 Å². The molecule has 0 aliphatic rings. The van der Waals surface area contributed by atoms with Crippen LogP contribution in [0, 0.1) is 0 Å². The van der Waals surface area contributed by atoms with Gasteiger partial charge in [-0.2, -0.15) is 0 Å². The average molecular weight is 369 g/mol. The molecule has 2 aromatic rings. The zero-order valence-corrected chi connectivity index (χ0v) is 17.0. The van der Waals surface area contributed by atoms with Crippen LogP contribution in [-0.2, 0) is 0 Å². The van der Waals surface area contributed by atoms with Crippen LogP contribution in [0.15, 0.2) is 30.5 Å². The topological polar surface area (TPSA) is 39.2 Å². The van der Waals surface area contributed by atoms with Crippen LogP contribution in [0.5, 0.6) is 5.75 Å². The molecule has 0 bridgehead atoms. The average Bonchev–Trinajstić information content (AvgIpc) is 2.59. The molecule has 4 heteroatoms. The first-order valence-corrected chi connectivity index (χ1v) is 9.82. The van der Waals surface area contributed by atoms with E-state index < -0.39 is 0 Å². The molecule has 1 radical (unpaired) electrons.